The van der Waals surface area contributed by atoms with Crippen molar-refractivity contribution in [3.8, 4) is 0 Å². The van der Waals surface area contributed by atoms with Gasteiger partial charge in [0.15, 0.2) is 0 Å². The second-order valence-corrected chi connectivity index (χ2v) is 6.25. The molecule has 5 nitrogen and oxygen atoms in total. The van der Waals surface area contributed by atoms with Crippen molar-refractivity contribution < 1.29 is 0 Å². The van der Waals surface area contributed by atoms with Gasteiger partial charge in [-0.15, -0.1) is 0 Å². The van der Waals surface area contributed by atoms with Gasteiger partial charge in [0.1, 0.15) is 17.5 Å². The van der Waals surface area contributed by atoms with E-state index in [1.807, 2.05) is 0 Å². The Labute approximate surface area is 133 Å². The summed E-state index contributed by atoms with van der Waals surface area (Å²) >= 11 is 3.51. The number of benzene rings is 1. The number of anilines is 3. The first-order valence-corrected chi connectivity index (χ1v) is 7.59. The van der Waals surface area contributed by atoms with E-state index < -0.39 is 0 Å². The standard InChI is InChI=1S/C15H20BrN5/c1-8(2)15-19-12(7-13(20-15)21-17)18-14-9(3)5-11(16)6-10(14)4/h5-8H,17H2,1-4H3,(H2,18,19,20,21). The molecule has 21 heavy (non-hydrogen) atoms. The van der Waals surface area contributed by atoms with Gasteiger partial charge in [0.05, 0.1) is 0 Å². The fourth-order valence-corrected chi connectivity index (χ4v) is 2.78. The molecule has 2 aromatic rings. The summed E-state index contributed by atoms with van der Waals surface area (Å²) in [6, 6.07) is 5.94. The van der Waals surface area contributed by atoms with E-state index in [0.29, 0.717) is 5.82 Å². The fourth-order valence-electron chi connectivity index (χ4n) is 2.10. The lowest BCUT2D eigenvalue weighted by Crippen LogP contribution is -2.12. The van der Waals surface area contributed by atoms with Crippen LogP contribution in [0.15, 0.2) is 22.7 Å². The molecule has 112 valence electrons. The SMILES string of the molecule is Cc1cc(Br)cc(C)c1Nc1cc(NN)nc(C(C)C)n1. The maximum atomic E-state index is 5.49. The van der Waals surface area contributed by atoms with Crippen molar-refractivity contribution in [2.45, 2.75) is 33.6 Å². The van der Waals surface area contributed by atoms with Crippen LogP contribution in [0.4, 0.5) is 17.3 Å². The molecule has 1 aromatic carbocycles. The predicted octanol–water partition coefficient (Wildman–Crippen LogP) is 4.01. The lowest BCUT2D eigenvalue weighted by atomic mass is 10.1. The Balaban J connectivity index is 2.42. The Morgan fingerprint density at radius 2 is 1.62 bits per heavy atom. The lowest BCUT2D eigenvalue weighted by molar-refractivity contribution is 0.777. The normalized spacial score (nSPS) is 10.8. The van der Waals surface area contributed by atoms with Gasteiger partial charge in [-0.3, -0.25) is 0 Å². The second-order valence-electron chi connectivity index (χ2n) is 5.34. The van der Waals surface area contributed by atoms with Crippen LogP contribution in [-0.4, -0.2) is 9.97 Å². The van der Waals surface area contributed by atoms with Gasteiger partial charge in [-0.2, -0.15) is 0 Å². The number of aromatic nitrogens is 2. The van der Waals surface area contributed by atoms with Gasteiger partial charge in [0, 0.05) is 22.1 Å². The summed E-state index contributed by atoms with van der Waals surface area (Å²) in [5.41, 5.74) is 5.93. The maximum absolute atomic E-state index is 5.49. The number of nitrogens with two attached hydrogens (primary N) is 1. The van der Waals surface area contributed by atoms with Crippen molar-refractivity contribution in [2.24, 2.45) is 5.84 Å². The second kappa shape index (κ2) is 6.41. The Hall–Kier alpha value is -1.66. The van der Waals surface area contributed by atoms with Crippen molar-refractivity contribution in [1.82, 2.24) is 9.97 Å². The Morgan fingerprint density at radius 3 is 2.14 bits per heavy atom. The molecule has 4 N–H and O–H groups in total. The number of aryl methyl sites for hydroxylation is 2. The molecule has 0 aliphatic rings. The molecule has 1 aromatic heterocycles. The smallest absolute Gasteiger partial charge is 0.145 e. The molecule has 1 heterocycles. The van der Waals surface area contributed by atoms with Crippen LogP contribution in [0.5, 0.6) is 0 Å². The zero-order valence-corrected chi connectivity index (χ0v) is 14.2. The number of hydrogen-bond donors (Lipinski definition) is 3. The molecular weight excluding hydrogens is 330 g/mol. The number of nitrogen functional groups attached to an aromatic ring is 1. The molecule has 0 unspecified atom stereocenters. The third kappa shape index (κ3) is 3.71. The first-order chi connectivity index (χ1) is 9.90. The molecule has 0 aliphatic heterocycles. The van der Waals surface area contributed by atoms with Crippen molar-refractivity contribution in [3.05, 3.63) is 39.6 Å². The van der Waals surface area contributed by atoms with Crippen LogP contribution in [0, 0.1) is 13.8 Å². The van der Waals surface area contributed by atoms with Crippen molar-refractivity contribution in [1.29, 1.82) is 0 Å². The van der Waals surface area contributed by atoms with E-state index in [2.05, 4.69) is 76.5 Å². The van der Waals surface area contributed by atoms with Crippen molar-refractivity contribution in [3.63, 3.8) is 0 Å². The molecule has 0 saturated carbocycles. The molecule has 0 aliphatic carbocycles. The number of nitrogens with one attached hydrogen (secondary N) is 2. The molecule has 0 radical (unpaired) electrons. The summed E-state index contributed by atoms with van der Waals surface area (Å²) < 4.78 is 1.07. The highest BCUT2D eigenvalue weighted by Gasteiger charge is 2.10. The van der Waals surface area contributed by atoms with E-state index in [4.69, 9.17) is 5.84 Å². The van der Waals surface area contributed by atoms with Gasteiger partial charge < -0.3 is 10.7 Å². The molecule has 0 fully saturated rings. The molecule has 0 bridgehead atoms. The van der Waals surface area contributed by atoms with Crippen LogP contribution in [-0.2, 0) is 0 Å². The summed E-state index contributed by atoms with van der Waals surface area (Å²) in [5, 5.41) is 3.37. The number of halogens is 1. The zero-order valence-electron chi connectivity index (χ0n) is 12.7. The number of hydrazine groups is 1. The molecule has 2 rings (SSSR count). The van der Waals surface area contributed by atoms with Crippen LogP contribution < -0.4 is 16.6 Å². The predicted molar refractivity (Wildman–Crippen MR) is 90.8 cm³/mol. The summed E-state index contributed by atoms with van der Waals surface area (Å²) in [6.45, 7) is 8.23. The maximum Gasteiger partial charge on any atom is 0.145 e. The summed E-state index contributed by atoms with van der Waals surface area (Å²) in [7, 11) is 0. The molecule has 0 saturated heterocycles. The Morgan fingerprint density at radius 1 is 1.05 bits per heavy atom. The molecule has 0 spiro atoms. The summed E-state index contributed by atoms with van der Waals surface area (Å²) in [5.74, 6) is 7.80. The Kier molecular flexibility index (Phi) is 4.80. The van der Waals surface area contributed by atoms with Gasteiger partial charge in [-0.25, -0.2) is 15.8 Å². The van der Waals surface area contributed by atoms with Crippen LogP contribution in [0.25, 0.3) is 0 Å². The Bertz CT molecular complexity index is 632. The molecular formula is C15H20BrN5. The van der Waals surface area contributed by atoms with Crippen molar-refractivity contribution in [2.75, 3.05) is 10.7 Å². The van der Waals surface area contributed by atoms with Crippen LogP contribution in [0.3, 0.4) is 0 Å². The lowest BCUT2D eigenvalue weighted by Gasteiger charge is -2.15. The van der Waals surface area contributed by atoms with Crippen molar-refractivity contribution >= 4 is 33.3 Å². The van der Waals surface area contributed by atoms with Crippen LogP contribution in [0.2, 0.25) is 0 Å². The summed E-state index contributed by atoms with van der Waals surface area (Å²) in [4.78, 5) is 8.91. The zero-order chi connectivity index (χ0) is 15.6. The van der Waals surface area contributed by atoms with Gasteiger partial charge >= 0.3 is 0 Å². The fraction of sp³-hybridized carbons (Fsp3) is 0.333. The third-order valence-electron chi connectivity index (χ3n) is 3.16. The van der Waals surface area contributed by atoms with Gasteiger partial charge in [0.2, 0.25) is 0 Å². The topological polar surface area (TPSA) is 75.9 Å². The van der Waals surface area contributed by atoms with Crippen LogP contribution >= 0.6 is 15.9 Å². The van der Waals surface area contributed by atoms with Gasteiger partial charge in [0.25, 0.3) is 0 Å². The van der Waals surface area contributed by atoms with E-state index in [1.54, 1.807) is 6.07 Å². The van der Waals surface area contributed by atoms with E-state index >= 15 is 0 Å². The highest BCUT2D eigenvalue weighted by molar-refractivity contribution is 9.10. The monoisotopic (exact) mass is 349 g/mol. The van der Waals surface area contributed by atoms with Crippen LogP contribution in [0.1, 0.15) is 36.7 Å². The largest absolute Gasteiger partial charge is 0.340 e. The minimum absolute atomic E-state index is 0.228. The average molecular weight is 350 g/mol. The minimum atomic E-state index is 0.228. The third-order valence-corrected chi connectivity index (χ3v) is 3.62. The van der Waals surface area contributed by atoms with E-state index in [-0.39, 0.29) is 5.92 Å². The highest BCUT2D eigenvalue weighted by Crippen LogP contribution is 2.28. The van der Waals surface area contributed by atoms with E-state index in [9.17, 15) is 0 Å². The number of rotatable bonds is 4. The number of hydrogen-bond acceptors (Lipinski definition) is 5. The highest BCUT2D eigenvalue weighted by atomic mass is 79.9. The number of nitrogens with zero attached hydrogens (tertiary/aromatic N) is 2. The quantitative estimate of drug-likeness (QED) is 0.574. The van der Waals surface area contributed by atoms with E-state index in [0.717, 1.165) is 32.9 Å². The first-order valence-electron chi connectivity index (χ1n) is 6.80. The average Bonchev–Trinajstić information content (AvgIpc) is 2.42. The van der Waals surface area contributed by atoms with Gasteiger partial charge in [-0.1, -0.05) is 29.8 Å². The summed E-state index contributed by atoms with van der Waals surface area (Å²) in [6.07, 6.45) is 0. The minimum Gasteiger partial charge on any atom is -0.340 e. The molecule has 0 amide bonds. The first kappa shape index (κ1) is 15.7. The molecule has 0 atom stereocenters. The van der Waals surface area contributed by atoms with E-state index in [1.165, 1.54) is 0 Å². The van der Waals surface area contributed by atoms with Gasteiger partial charge in [-0.05, 0) is 37.1 Å². The molecule has 6 heteroatoms.